The molecule has 1 aromatic rings. The summed E-state index contributed by atoms with van der Waals surface area (Å²) >= 11 is 5.03. The number of nitrogens with two attached hydrogens (primary N) is 1. The quantitative estimate of drug-likeness (QED) is 0.786. The molecule has 0 atom stereocenters. The molecule has 0 aromatic heterocycles. The Labute approximate surface area is 113 Å². The van der Waals surface area contributed by atoms with Gasteiger partial charge >= 0.3 is 0 Å². The minimum Gasteiger partial charge on any atom is -0.389 e. The standard InChI is InChI=1S/C13H19N3OS/c1-4-15-12(17)8-16(3)11-7-9(2)5-6-10(11)13(14)18/h5-7H,4,8H2,1-3H3,(H2,14,18)(H,15,17). The van der Waals surface area contributed by atoms with E-state index in [1.54, 1.807) is 0 Å². The minimum absolute atomic E-state index is 0.0182. The first-order valence-electron chi connectivity index (χ1n) is 5.84. The fourth-order valence-corrected chi connectivity index (χ4v) is 1.89. The van der Waals surface area contributed by atoms with Gasteiger partial charge in [0.1, 0.15) is 4.99 Å². The molecule has 18 heavy (non-hydrogen) atoms. The Morgan fingerprint density at radius 3 is 2.72 bits per heavy atom. The zero-order chi connectivity index (χ0) is 13.7. The number of rotatable bonds is 5. The SMILES string of the molecule is CCNC(=O)CN(C)c1cc(C)ccc1C(N)=S. The molecule has 0 heterocycles. The molecule has 0 saturated heterocycles. The Morgan fingerprint density at radius 2 is 2.17 bits per heavy atom. The fourth-order valence-electron chi connectivity index (χ4n) is 1.72. The van der Waals surface area contributed by atoms with Crippen molar-refractivity contribution >= 4 is 28.8 Å². The smallest absolute Gasteiger partial charge is 0.239 e. The third kappa shape index (κ3) is 3.70. The van der Waals surface area contributed by atoms with Gasteiger partial charge in [-0.2, -0.15) is 0 Å². The first-order chi connectivity index (χ1) is 8.45. The summed E-state index contributed by atoms with van der Waals surface area (Å²) in [5.41, 5.74) is 8.48. The lowest BCUT2D eigenvalue weighted by molar-refractivity contribution is -0.119. The first-order valence-corrected chi connectivity index (χ1v) is 6.24. The van der Waals surface area contributed by atoms with Gasteiger partial charge in [0.15, 0.2) is 0 Å². The molecule has 4 nitrogen and oxygen atoms in total. The molecule has 0 bridgehead atoms. The summed E-state index contributed by atoms with van der Waals surface area (Å²) in [6.45, 7) is 4.80. The summed E-state index contributed by atoms with van der Waals surface area (Å²) < 4.78 is 0. The van der Waals surface area contributed by atoms with Crippen LogP contribution in [0.2, 0.25) is 0 Å². The number of hydrogen-bond acceptors (Lipinski definition) is 3. The summed E-state index contributed by atoms with van der Waals surface area (Å²) in [4.78, 5) is 13.8. The van der Waals surface area contributed by atoms with Crippen LogP contribution >= 0.6 is 12.2 Å². The van der Waals surface area contributed by atoms with Gasteiger partial charge in [-0.3, -0.25) is 4.79 Å². The van der Waals surface area contributed by atoms with Crippen molar-refractivity contribution in [2.45, 2.75) is 13.8 Å². The highest BCUT2D eigenvalue weighted by Crippen LogP contribution is 2.21. The second-order valence-electron chi connectivity index (χ2n) is 4.19. The number of aryl methyl sites for hydroxylation is 1. The van der Waals surface area contributed by atoms with Gasteiger partial charge in [0.25, 0.3) is 0 Å². The van der Waals surface area contributed by atoms with Crippen molar-refractivity contribution in [3.05, 3.63) is 29.3 Å². The van der Waals surface area contributed by atoms with Crippen LogP contribution in [0.4, 0.5) is 5.69 Å². The van der Waals surface area contributed by atoms with E-state index < -0.39 is 0 Å². The topological polar surface area (TPSA) is 58.4 Å². The third-order valence-electron chi connectivity index (χ3n) is 2.58. The van der Waals surface area contributed by atoms with E-state index in [0.717, 1.165) is 16.8 Å². The maximum Gasteiger partial charge on any atom is 0.239 e. The molecule has 0 aliphatic rings. The Kier molecular flexibility index (Phi) is 5.09. The Balaban J connectivity index is 2.96. The molecule has 98 valence electrons. The van der Waals surface area contributed by atoms with Crippen molar-refractivity contribution in [2.24, 2.45) is 5.73 Å². The Morgan fingerprint density at radius 1 is 1.50 bits per heavy atom. The van der Waals surface area contributed by atoms with Gasteiger partial charge in [-0.25, -0.2) is 0 Å². The van der Waals surface area contributed by atoms with Crippen LogP contribution in [-0.2, 0) is 4.79 Å². The molecule has 0 aliphatic heterocycles. The first kappa shape index (κ1) is 14.4. The highest BCUT2D eigenvalue weighted by atomic mass is 32.1. The Hall–Kier alpha value is -1.62. The number of carbonyl (C=O) groups excluding carboxylic acids is 1. The van der Waals surface area contributed by atoms with Crippen LogP contribution in [0.1, 0.15) is 18.1 Å². The van der Waals surface area contributed by atoms with E-state index in [-0.39, 0.29) is 12.5 Å². The van der Waals surface area contributed by atoms with Crippen LogP contribution in [-0.4, -0.2) is 31.0 Å². The van der Waals surface area contributed by atoms with Crippen molar-refractivity contribution in [1.82, 2.24) is 5.32 Å². The van der Waals surface area contributed by atoms with Crippen LogP contribution in [0.3, 0.4) is 0 Å². The molecule has 1 aromatic carbocycles. The maximum absolute atomic E-state index is 11.6. The van der Waals surface area contributed by atoms with E-state index in [1.165, 1.54) is 0 Å². The van der Waals surface area contributed by atoms with Crippen molar-refractivity contribution in [1.29, 1.82) is 0 Å². The molecular formula is C13H19N3OS. The lowest BCUT2D eigenvalue weighted by Crippen LogP contribution is -2.35. The van der Waals surface area contributed by atoms with E-state index in [1.807, 2.05) is 44.0 Å². The fraction of sp³-hybridized carbons (Fsp3) is 0.385. The molecule has 5 heteroatoms. The van der Waals surface area contributed by atoms with Gasteiger partial charge in [0, 0.05) is 24.8 Å². The molecule has 0 unspecified atom stereocenters. The summed E-state index contributed by atoms with van der Waals surface area (Å²) in [6.07, 6.45) is 0. The van der Waals surface area contributed by atoms with Crippen LogP contribution in [0.15, 0.2) is 18.2 Å². The molecule has 3 N–H and O–H groups in total. The number of thiocarbonyl (C=S) groups is 1. The highest BCUT2D eigenvalue weighted by molar-refractivity contribution is 7.80. The van der Waals surface area contributed by atoms with Crippen molar-refractivity contribution in [3.8, 4) is 0 Å². The van der Waals surface area contributed by atoms with Gasteiger partial charge in [-0.15, -0.1) is 0 Å². The number of anilines is 1. The molecular weight excluding hydrogens is 246 g/mol. The van der Waals surface area contributed by atoms with E-state index >= 15 is 0 Å². The number of nitrogens with zero attached hydrogens (tertiary/aromatic N) is 1. The zero-order valence-electron chi connectivity index (χ0n) is 11.0. The molecule has 0 radical (unpaired) electrons. The van der Waals surface area contributed by atoms with Gasteiger partial charge in [0.05, 0.1) is 6.54 Å². The molecule has 0 spiro atoms. The van der Waals surface area contributed by atoms with E-state index in [4.69, 9.17) is 18.0 Å². The van der Waals surface area contributed by atoms with Crippen LogP contribution in [0.25, 0.3) is 0 Å². The summed E-state index contributed by atoms with van der Waals surface area (Å²) in [7, 11) is 1.85. The third-order valence-corrected chi connectivity index (χ3v) is 2.80. The minimum atomic E-state index is -0.0182. The van der Waals surface area contributed by atoms with E-state index in [9.17, 15) is 4.79 Å². The lowest BCUT2D eigenvalue weighted by Gasteiger charge is -2.22. The van der Waals surface area contributed by atoms with Crippen LogP contribution in [0, 0.1) is 6.92 Å². The van der Waals surface area contributed by atoms with Crippen LogP contribution in [0.5, 0.6) is 0 Å². The summed E-state index contributed by atoms with van der Waals surface area (Å²) in [6, 6.07) is 5.83. The van der Waals surface area contributed by atoms with Gasteiger partial charge < -0.3 is 16.0 Å². The number of benzene rings is 1. The van der Waals surface area contributed by atoms with Crippen LogP contribution < -0.4 is 16.0 Å². The van der Waals surface area contributed by atoms with Crippen molar-refractivity contribution in [2.75, 3.05) is 25.0 Å². The monoisotopic (exact) mass is 265 g/mol. The van der Waals surface area contributed by atoms with Gasteiger partial charge in [-0.1, -0.05) is 18.3 Å². The normalized spacial score (nSPS) is 9.94. The van der Waals surface area contributed by atoms with Gasteiger partial charge in [0.2, 0.25) is 5.91 Å². The zero-order valence-corrected chi connectivity index (χ0v) is 11.8. The summed E-state index contributed by atoms with van der Waals surface area (Å²) in [5.74, 6) is -0.0182. The Bertz CT molecular complexity index is 460. The molecule has 0 fully saturated rings. The van der Waals surface area contributed by atoms with Gasteiger partial charge in [-0.05, 0) is 31.5 Å². The van der Waals surface area contributed by atoms with E-state index in [0.29, 0.717) is 11.5 Å². The number of carbonyl (C=O) groups is 1. The molecule has 0 aliphatic carbocycles. The van der Waals surface area contributed by atoms with Crippen molar-refractivity contribution < 1.29 is 4.79 Å². The second kappa shape index (κ2) is 6.35. The number of hydrogen-bond donors (Lipinski definition) is 2. The average molecular weight is 265 g/mol. The molecule has 1 amide bonds. The second-order valence-corrected chi connectivity index (χ2v) is 4.63. The number of amides is 1. The maximum atomic E-state index is 11.6. The predicted octanol–water partition coefficient (Wildman–Crippen LogP) is 1.20. The highest BCUT2D eigenvalue weighted by Gasteiger charge is 2.12. The largest absolute Gasteiger partial charge is 0.389 e. The predicted molar refractivity (Wildman–Crippen MR) is 79.0 cm³/mol. The van der Waals surface area contributed by atoms with E-state index in [2.05, 4.69) is 5.32 Å². The number of nitrogens with one attached hydrogen (secondary N) is 1. The number of likely N-dealkylation sites (N-methyl/N-ethyl adjacent to an activating group) is 2. The molecule has 0 saturated carbocycles. The van der Waals surface area contributed by atoms with Crippen molar-refractivity contribution in [3.63, 3.8) is 0 Å². The average Bonchev–Trinajstić information content (AvgIpc) is 2.28. The lowest BCUT2D eigenvalue weighted by atomic mass is 10.1. The molecule has 1 rings (SSSR count). The summed E-state index contributed by atoms with van der Waals surface area (Å²) in [5, 5.41) is 2.76.